The standard InChI is InChI=1S/C17H17N5O2S2/c1-2-22-16(24)15(19-12-7-5-11(6-8-12)14(18)23)20-21-17(22)26-10-13-4-3-9-25-13/h3-9H,2,10H2,1H3,(H2,18,23)(H,19,20). The number of rotatable bonds is 7. The molecule has 3 N–H and O–H groups in total. The van der Waals surface area contributed by atoms with E-state index in [9.17, 15) is 9.59 Å². The number of thiophene rings is 1. The van der Waals surface area contributed by atoms with Crippen LogP contribution >= 0.6 is 23.1 Å². The zero-order valence-electron chi connectivity index (χ0n) is 14.0. The molecule has 26 heavy (non-hydrogen) atoms. The van der Waals surface area contributed by atoms with E-state index in [0.717, 1.165) is 5.75 Å². The molecule has 2 heterocycles. The maximum absolute atomic E-state index is 12.7. The fraction of sp³-hybridized carbons (Fsp3) is 0.176. The summed E-state index contributed by atoms with van der Waals surface area (Å²) in [5, 5.41) is 13.8. The van der Waals surface area contributed by atoms with Gasteiger partial charge in [0.15, 0.2) is 5.16 Å². The maximum atomic E-state index is 12.7. The molecule has 0 atom stereocenters. The van der Waals surface area contributed by atoms with Gasteiger partial charge in [-0.05, 0) is 42.6 Å². The summed E-state index contributed by atoms with van der Waals surface area (Å²) >= 11 is 3.15. The predicted molar refractivity (Wildman–Crippen MR) is 104 cm³/mol. The Morgan fingerprint density at radius 2 is 2.04 bits per heavy atom. The first kappa shape index (κ1) is 18.2. The van der Waals surface area contributed by atoms with Gasteiger partial charge in [0.2, 0.25) is 11.7 Å². The highest BCUT2D eigenvalue weighted by molar-refractivity contribution is 7.98. The number of nitrogens with two attached hydrogens (primary N) is 1. The number of hydrogen-bond donors (Lipinski definition) is 2. The van der Waals surface area contributed by atoms with Gasteiger partial charge in [0.25, 0.3) is 5.56 Å². The molecule has 0 unspecified atom stereocenters. The van der Waals surface area contributed by atoms with Crippen LogP contribution in [-0.4, -0.2) is 20.7 Å². The van der Waals surface area contributed by atoms with Gasteiger partial charge in [0.05, 0.1) is 0 Å². The summed E-state index contributed by atoms with van der Waals surface area (Å²) in [6.07, 6.45) is 0. The van der Waals surface area contributed by atoms with E-state index in [-0.39, 0.29) is 11.4 Å². The van der Waals surface area contributed by atoms with Crippen molar-refractivity contribution in [3.8, 4) is 0 Å². The highest BCUT2D eigenvalue weighted by Crippen LogP contribution is 2.23. The summed E-state index contributed by atoms with van der Waals surface area (Å²) in [6, 6.07) is 10.5. The Bertz CT molecular complexity index is 952. The molecule has 0 fully saturated rings. The van der Waals surface area contributed by atoms with Crippen molar-refractivity contribution >= 4 is 40.5 Å². The molecule has 0 radical (unpaired) electrons. The van der Waals surface area contributed by atoms with Gasteiger partial charge in [-0.15, -0.1) is 21.5 Å². The minimum absolute atomic E-state index is 0.138. The summed E-state index contributed by atoms with van der Waals surface area (Å²) in [5.41, 5.74) is 6.01. The average Bonchev–Trinajstić information content (AvgIpc) is 3.16. The monoisotopic (exact) mass is 387 g/mol. The van der Waals surface area contributed by atoms with Gasteiger partial charge in [-0.3, -0.25) is 14.2 Å². The van der Waals surface area contributed by atoms with Gasteiger partial charge >= 0.3 is 0 Å². The van der Waals surface area contributed by atoms with Gasteiger partial charge in [-0.2, -0.15) is 0 Å². The van der Waals surface area contributed by atoms with Crippen LogP contribution in [-0.2, 0) is 12.3 Å². The van der Waals surface area contributed by atoms with Crippen molar-refractivity contribution in [3.05, 3.63) is 62.6 Å². The van der Waals surface area contributed by atoms with E-state index in [4.69, 9.17) is 5.73 Å². The topological polar surface area (TPSA) is 103 Å². The lowest BCUT2D eigenvalue weighted by molar-refractivity contribution is 0.100. The Kier molecular flexibility index (Phi) is 5.69. The van der Waals surface area contributed by atoms with Crippen LogP contribution < -0.4 is 16.6 Å². The van der Waals surface area contributed by atoms with Crippen molar-refractivity contribution in [1.82, 2.24) is 14.8 Å². The fourth-order valence-electron chi connectivity index (χ4n) is 2.25. The van der Waals surface area contributed by atoms with E-state index >= 15 is 0 Å². The Labute approximate surface area is 158 Å². The minimum Gasteiger partial charge on any atom is -0.366 e. The summed E-state index contributed by atoms with van der Waals surface area (Å²) in [6.45, 7) is 2.39. The lowest BCUT2D eigenvalue weighted by Gasteiger charge is -2.11. The summed E-state index contributed by atoms with van der Waals surface area (Å²) in [5.74, 6) is 0.378. The summed E-state index contributed by atoms with van der Waals surface area (Å²) in [4.78, 5) is 25.0. The SMILES string of the molecule is CCn1c(SCc2cccs2)nnc(Nc2ccc(C(N)=O)cc2)c1=O. The lowest BCUT2D eigenvalue weighted by atomic mass is 10.2. The largest absolute Gasteiger partial charge is 0.366 e. The molecule has 0 aliphatic heterocycles. The second-order valence-electron chi connectivity index (χ2n) is 5.32. The second-order valence-corrected chi connectivity index (χ2v) is 7.29. The molecule has 7 nitrogen and oxygen atoms in total. The fourth-order valence-corrected chi connectivity index (χ4v) is 4.03. The maximum Gasteiger partial charge on any atom is 0.297 e. The van der Waals surface area contributed by atoms with E-state index in [0.29, 0.717) is 23.0 Å². The molecule has 1 aromatic carbocycles. The van der Waals surface area contributed by atoms with Gasteiger partial charge in [-0.1, -0.05) is 17.8 Å². The van der Waals surface area contributed by atoms with Crippen molar-refractivity contribution < 1.29 is 4.79 Å². The third-order valence-corrected chi connectivity index (χ3v) is 5.66. The van der Waals surface area contributed by atoms with Crippen molar-refractivity contribution in [1.29, 1.82) is 0 Å². The zero-order valence-corrected chi connectivity index (χ0v) is 15.6. The van der Waals surface area contributed by atoms with Crippen LogP contribution in [0.25, 0.3) is 0 Å². The van der Waals surface area contributed by atoms with Crippen molar-refractivity contribution in [2.75, 3.05) is 5.32 Å². The molecule has 0 aliphatic rings. The summed E-state index contributed by atoms with van der Waals surface area (Å²) in [7, 11) is 0. The van der Waals surface area contributed by atoms with E-state index in [1.165, 1.54) is 16.6 Å². The van der Waals surface area contributed by atoms with Crippen LogP contribution in [0, 0.1) is 0 Å². The first-order valence-corrected chi connectivity index (χ1v) is 9.74. The van der Waals surface area contributed by atoms with Gasteiger partial charge in [-0.25, -0.2) is 0 Å². The number of amides is 1. The number of nitrogens with one attached hydrogen (secondary N) is 1. The number of hydrogen-bond acceptors (Lipinski definition) is 7. The normalized spacial score (nSPS) is 10.7. The van der Waals surface area contributed by atoms with Crippen LogP contribution in [0.15, 0.2) is 51.7 Å². The van der Waals surface area contributed by atoms with Crippen molar-refractivity contribution in [2.24, 2.45) is 5.73 Å². The second kappa shape index (κ2) is 8.15. The van der Waals surface area contributed by atoms with Gasteiger partial charge < -0.3 is 11.1 Å². The first-order chi connectivity index (χ1) is 12.6. The molecule has 3 rings (SSSR count). The van der Waals surface area contributed by atoms with Crippen molar-refractivity contribution in [3.63, 3.8) is 0 Å². The Balaban J connectivity index is 1.80. The van der Waals surface area contributed by atoms with Crippen LogP contribution in [0.4, 0.5) is 11.5 Å². The number of nitrogens with zero attached hydrogens (tertiary/aromatic N) is 3. The van der Waals surface area contributed by atoms with Crippen LogP contribution in [0.3, 0.4) is 0 Å². The lowest BCUT2D eigenvalue weighted by Crippen LogP contribution is -2.26. The number of primary amides is 1. The number of benzene rings is 1. The molecule has 0 saturated carbocycles. The molecular formula is C17H17N5O2S2. The highest BCUT2D eigenvalue weighted by Gasteiger charge is 2.12. The smallest absolute Gasteiger partial charge is 0.297 e. The molecule has 0 spiro atoms. The highest BCUT2D eigenvalue weighted by atomic mass is 32.2. The Morgan fingerprint density at radius 1 is 1.27 bits per heavy atom. The molecule has 0 aliphatic carbocycles. The molecule has 0 bridgehead atoms. The zero-order chi connectivity index (χ0) is 18.5. The Hall–Kier alpha value is -2.65. The third kappa shape index (κ3) is 4.12. The van der Waals surface area contributed by atoms with Crippen LogP contribution in [0.5, 0.6) is 0 Å². The predicted octanol–water partition coefficient (Wildman–Crippen LogP) is 2.85. The number of anilines is 2. The minimum atomic E-state index is -0.503. The Morgan fingerprint density at radius 3 is 2.65 bits per heavy atom. The quantitative estimate of drug-likeness (QED) is 0.604. The van der Waals surface area contributed by atoms with E-state index in [1.807, 2.05) is 24.4 Å². The van der Waals surface area contributed by atoms with Crippen molar-refractivity contribution in [2.45, 2.75) is 24.4 Å². The van der Waals surface area contributed by atoms with E-state index in [1.54, 1.807) is 40.2 Å². The van der Waals surface area contributed by atoms with E-state index < -0.39 is 5.91 Å². The summed E-state index contributed by atoms with van der Waals surface area (Å²) < 4.78 is 1.59. The van der Waals surface area contributed by atoms with Crippen LogP contribution in [0.1, 0.15) is 22.2 Å². The molecule has 9 heteroatoms. The molecule has 1 amide bonds. The molecule has 2 aromatic heterocycles. The average molecular weight is 387 g/mol. The van der Waals surface area contributed by atoms with E-state index in [2.05, 4.69) is 15.5 Å². The van der Waals surface area contributed by atoms with Gasteiger partial charge in [0, 0.05) is 28.4 Å². The van der Waals surface area contributed by atoms with Gasteiger partial charge in [0.1, 0.15) is 0 Å². The number of thioether (sulfide) groups is 1. The number of carbonyl (C=O) groups is 1. The number of aromatic nitrogens is 3. The molecule has 0 saturated heterocycles. The first-order valence-electron chi connectivity index (χ1n) is 7.88. The molecular weight excluding hydrogens is 370 g/mol. The number of carbonyl (C=O) groups excluding carboxylic acids is 1. The molecule has 134 valence electrons. The molecule has 3 aromatic rings. The van der Waals surface area contributed by atoms with Crippen LogP contribution in [0.2, 0.25) is 0 Å². The third-order valence-electron chi connectivity index (χ3n) is 3.59.